The maximum absolute atomic E-state index is 12.1. The predicted molar refractivity (Wildman–Crippen MR) is 99.4 cm³/mol. The van der Waals surface area contributed by atoms with Gasteiger partial charge in [0.25, 0.3) is 5.91 Å². The lowest BCUT2D eigenvalue weighted by molar-refractivity contribution is -0.116. The first-order valence-corrected chi connectivity index (χ1v) is 8.44. The van der Waals surface area contributed by atoms with Crippen molar-refractivity contribution in [1.82, 2.24) is 5.32 Å². The third kappa shape index (κ3) is 5.80. The van der Waals surface area contributed by atoms with Crippen LogP contribution in [-0.4, -0.2) is 25.0 Å². The fraction of sp³-hybridized carbons (Fsp3) is 0.263. The normalized spacial score (nSPS) is 10.2. The maximum atomic E-state index is 12.1. The van der Waals surface area contributed by atoms with Gasteiger partial charge in [-0.05, 0) is 55.8 Å². The molecule has 2 N–H and O–H groups in total. The fourth-order valence-corrected chi connectivity index (χ4v) is 2.29. The summed E-state index contributed by atoms with van der Waals surface area (Å²) in [7, 11) is 0. The molecule has 0 atom stereocenters. The molecule has 0 fully saturated rings. The number of hydrogen-bond acceptors (Lipinski definition) is 3. The number of halogens is 1. The van der Waals surface area contributed by atoms with Crippen LogP contribution in [0.15, 0.2) is 42.5 Å². The minimum atomic E-state index is -0.176. The fourth-order valence-electron chi connectivity index (χ4n) is 2.17. The molecule has 132 valence electrons. The summed E-state index contributed by atoms with van der Waals surface area (Å²) in [5.74, 6) is 0.320. The molecule has 0 heterocycles. The first kappa shape index (κ1) is 18.8. The van der Waals surface area contributed by atoms with E-state index in [1.54, 1.807) is 36.4 Å². The van der Waals surface area contributed by atoms with Crippen molar-refractivity contribution in [2.45, 2.75) is 20.3 Å². The summed E-state index contributed by atoms with van der Waals surface area (Å²) in [6, 6.07) is 12.2. The molecule has 0 unspecified atom stereocenters. The number of benzene rings is 2. The van der Waals surface area contributed by atoms with Crippen molar-refractivity contribution in [2.75, 3.05) is 18.5 Å². The molecular weight excluding hydrogens is 340 g/mol. The van der Waals surface area contributed by atoms with Gasteiger partial charge in [0.05, 0.1) is 13.0 Å². The summed E-state index contributed by atoms with van der Waals surface area (Å²) in [6.07, 6.45) is 0.202. The van der Waals surface area contributed by atoms with Crippen molar-refractivity contribution in [3.05, 3.63) is 58.6 Å². The molecule has 0 aromatic heterocycles. The largest absolute Gasteiger partial charge is 0.493 e. The van der Waals surface area contributed by atoms with Crippen molar-refractivity contribution in [3.63, 3.8) is 0 Å². The van der Waals surface area contributed by atoms with Crippen molar-refractivity contribution >= 4 is 29.1 Å². The molecule has 0 saturated heterocycles. The molecule has 0 spiro atoms. The molecular formula is C19H21ClN2O3. The Morgan fingerprint density at radius 1 is 1.12 bits per heavy atom. The predicted octanol–water partition coefficient (Wildman–Crippen LogP) is 3.81. The zero-order chi connectivity index (χ0) is 18.2. The van der Waals surface area contributed by atoms with Gasteiger partial charge in [-0.15, -0.1) is 0 Å². The Labute approximate surface area is 152 Å². The van der Waals surface area contributed by atoms with Crippen molar-refractivity contribution < 1.29 is 14.3 Å². The minimum Gasteiger partial charge on any atom is -0.493 e. The van der Waals surface area contributed by atoms with Crippen LogP contribution in [0, 0.1) is 6.92 Å². The molecule has 2 rings (SSSR count). The van der Waals surface area contributed by atoms with E-state index < -0.39 is 0 Å². The van der Waals surface area contributed by atoms with Crippen LogP contribution in [0.4, 0.5) is 5.69 Å². The Bertz CT molecular complexity index is 745. The molecule has 0 radical (unpaired) electrons. The maximum Gasteiger partial charge on any atom is 0.251 e. The summed E-state index contributed by atoms with van der Waals surface area (Å²) in [6.45, 7) is 4.54. The van der Waals surface area contributed by atoms with Gasteiger partial charge in [-0.3, -0.25) is 9.59 Å². The second-order valence-corrected chi connectivity index (χ2v) is 5.93. The number of nitrogens with one attached hydrogen (secondary N) is 2. The lowest BCUT2D eigenvalue weighted by Gasteiger charge is -2.11. The average molecular weight is 361 g/mol. The topological polar surface area (TPSA) is 67.4 Å². The third-order valence-corrected chi connectivity index (χ3v) is 3.77. The van der Waals surface area contributed by atoms with E-state index in [2.05, 4.69) is 10.6 Å². The standard InChI is InChI=1S/C19H21ClN2O3/c1-3-21-19(24)14-5-4-13(2)17(12-14)22-18(23)10-11-25-16-8-6-15(20)7-9-16/h4-9,12H,3,10-11H2,1-2H3,(H,21,24)(H,22,23). The van der Waals surface area contributed by atoms with Gasteiger partial charge in [-0.2, -0.15) is 0 Å². The van der Waals surface area contributed by atoms with Crippen LogP contribution in [-0.2, 0) is 4.79 Å². The van der Waals surface area contributed by atoms with E-state index >= 15 is 0 Å². The lowest BCUT2D eigenvalue weighted by atomic mass is 10.1. The Kier molecular flexibility index (Phi) is 6.83. The monoisotopic (exact) mass is 360 g/mol. The highest BCUT2D eigenvalue weighted by Crippen LogP contribution is 2.18. The number of ether oxygens (including phenoxy) is 1. The van der Waals surface area contributed by atoms with Gasteiger partial charge in [-0.1, -0.05) is 17.7 Å². The first-order chi connectivity index (χ1) is 12.0. The molecule has 0 aliphatic rings. The van der Waals surface area contributed by atoms with Crippen molar-refractivity contribution in [2.24, 2.45) is 0 Å². The number of carbonyl (C=O) groups excluding carboxylic acids is 2. The zero-order valence-electron chi connectivity index (χ0n) is 14.3. The third-order valence-electron chi connectivity index (χ3n) is 3.52. The highest BCUT2D eigenvalue weighted by molar-refractivity contribution is 6.30. The quantitative estimate of drug-likeness (QED) is 0.789. The van der Waals surface area contributed by atoms with Crippen LogP contribution in [0.3, 0.4) is 0 Å². The van der Waals surface area contributed by atoms with Crippen LogP contribution in [0.1, 0.15) is 29.3 Å². The van der Waals surface area contributed by atoms with Gasteiger partial charge in [0.2, 0.25) is 5.91 Å². The van der Waals surface area contributed by atoms with Crippen LogP contribution in [0.25, 0.3) is 0 Å². The molecule has 2 aromatic rings. The molecule has 6 heteroatoms. The number of carbonyl (C=O) groups is 2. The molecule has 2 aromatic carbocycles. The van der Waals surface area contributed by atoms with Crippen LogP contribution < -0.4 is 15.4 Å². The molecule has 5 nitrogen and oxygen atoms in total. The number of rotatable bonds is 7. The second-order valence-electron chi connectivity index (χ2n) is 5.49. The summed E-state index contributed by atoms with van der Waals surface area (Å²) in [4.78, 5) is 24.0. The SMILES string of the molecule is CCNC(=O)c1ccc(C)c(NC(=O)CCOc2ccc(Cl)cc2)c1. The van der Waals surface area contributed by atoms with E-state index in [1.165, 1.54) is 0 Å². The van der Waals surface area contributed by atoms with Crippen LogP contribution in [0.5, 0.6) is 5.75 Å². The van der Waals surface area contributed by atoms with Gasteiger partial charge >= 0.3 is 0 Å². The van der Waals surface area contributed by atoms with E-state index in [0.717, 1.165) is 5.56 Å². The van der Waals surface area contributed by atoms with Gasteiger partial charge in [0.15, 0.2) is 0 Å². The molecule has 0 aliphatic carbocycles. The molecule has 2 amide bonds. The number of anilines is 1. The Balaban J connectivity index is 1.90. The molecule has 0 bridgehead atoms. The van der Waals surface area contributed by atoms with E-state index in [4.69, 9.17) is 16.3 Å². The van der Waals surface area contributed by atoms with Gasteiger partial charge in [0.1, 0.15) is 5.75 Å². The summed E-state index contributed by atoms with van der Waals surface area (Å²) < 4.78 is 5.51. The minimum absolute atomic E-state index is 0.163. The number of amides is 2. The number of aryl methyl sites for hydroxylation is 1. The summed E-state index contributed by atoms with van der Waals surface area (Å²) in [5, 5.41) is 6.19. The summed E-state index contributed by atoms with van der Waals surface area (Å²) in [5.41, 5.74) is 2.03. The Morgan fingerprint density at radius 3 is 2.52 bits per heavy atom. The van der Waals surface area contributed by atoms with Gasteiger partial charge in [0, 0.05) is 22.8 Å². The smallest absolute Gasteiger partial charge is 0.251 e. The molecule has 25 heavy (non-hydrogen) atoms. The van der Waals surface area contributed by atoms with E-state index in [1.807, 2.05) is 19.9 Å². The van der Waals surface area contributed by atoms with Crippen molar-refractivity contribution in [1.29, 1.82) is 0 Å². The number of hydrogen-bond donors (Lipinski definition) is 2. The van der Waals surface area contributed by atoms with E-state index in [9.17, 15) is 9.59 Å². The highest BCUT2D eigenvalue weighted by atomic mass is 35.5. The highest BCUT2D eigenvalue weighted by Gasteiger charge is 2.10. The van der Waals surface area contributed by atoms with Gasteiger partial charge < -0.3 is 15.4 Å². The Morgan fingerprint density at radius 2 is 1.84 bits per heavy atom. The molecule has 0 saturated carbocycles. The van der Waals surface area contributed by atoms with Crippen molar-refractivity contribution in [3.8, 4) is 5.75 Å². The summed E-state index contributed by atoms with van der Waals surface area (Å²) >= 11 is 5.81. The van der Waals surface area contributed by atoms with Gasteiger partial charge in [-0.25, -0.2) is 0 Å². The second kappa shape index (κ2) is 9.08. The van der Waals surface area contributed by atoms with Crippen LogP contribution in [0.2, 0.25) is 5.02 Å². The Hall–Kier alpha value is -2.53. The molecule has 0 aliphatic heterocycles. The van der Waals surface area contributed by atoms with Crippen LogP contribution >= 0.6 is 11.6 Å². The average Bonchev–Trinajstić information content (AvgIpc) is 2.59. The van der Waals surface area contributed by atoms with E-state index in [-0.39, 0.29) is 24.8 Å². The lowest BCUT2D eigenvalue weighted by Crippen LogP contribution is -2.23. The van der Waals surface area contributed by atoms with E-state index in [0.29, 0.717) is 28.6 Å². The first-order valence-electron chi connectivity index (χ1n) is 8.06. The zero-order valence-corrected chi connectivity index (χ0v) is 15.0.